The van der Waals surface area contributed by atoms with Crippen molar-refractivity contribution in [2.75, 3.05) is 0 Å². The van der Waals surface area contributed by atoms with Gasteiger partial charge in [-0.2, -0.15) is 12.1 Å². The molecule has 1 aliphatic heterocycles. The molecule has 0 unspecified atom stereocenters. The molecular weight excluding hydrogens is 145 g/mol. The minimum Gasteiger partial charge on any atom is -0.379 e. The molecule has 0 fully saturated rings. The molecule has 0 aromatic rings. The summed E-state index contributed by atoms with van der Waals surface area (Å²) in [5.41, 5.74) is 1.44. The fourth-order valence-electron chi connectivity index (χ4n) is 1.08. The molecule has 3 heteroatoms. The Morgan fingerprint density at radius 3 is 2.83 bits per heavy atom. The normalized spacial score (nSPS) is 9.33. The Hall–Kier alpha value is -0.973. The minimum absolute atomic E-state index is 0. The molecule has 12 heavy (non-hydrogen) atoms. The van der Waals surface area contributed by atoms with E-state index in [0.717, 1.165) is 5.56 Å². The van der Waals surface area contributed by atoms with Crippen molar-refractivity contribution in [3.05, 3.63) is 46.8 Å². The summed E-state index contributed by atoms with van der Waals surface area (Å²) in [5.74, 6) is 0. The zero-order valence-electron chi connectivity index (χ0n) is 6.82. The van der Waals surface area contributed by atoms with Crippen molar-refractivity contribution in [1.82, 2.24) is 4.98 Å². The van der Waals surface area contributed by atoms with Gasteiger partial charge >= 0.3 is 18.9 Å². The average Bonchev–Trinajstić information content (AvgIpc) is 2.06. The fourth-order valence-corrected chi connectivity index (χ4v) is 1.08. The second kappa shape index (κ2) is 3.62. The van der Waals surface area contributed by atoms with Gasteiger partial charge in [0.2, 0.25) is 0 Å². The molecule has 0 bridgehead atoms. The van der Waals surface area contributed by atoms with E-state index in [4.69, 9.17) is 0 Å². The van der Waals surface area contributed by atoms with Gasteiger partial charge < -0.3 is 9.78 Å². The van der Waals surface area contributed by atoms with Crippen LogP contribution in [-0.2, 0) is 0 Å². The van der Waals surface area contributed by atoms with Gasteiger partial charge in [0.25, 0.3) is 0 Å². The van der Waals surface area contributed by atoms with E-state index in [1.54, 1.807) is 12.3 Å². The summed E-state index contributed by atoms with van der Waals surface area (Å²) >= 11 is 0. The number of aromatic nitrogens is 1. The van der Waals surface area contributed by atoms with Crippen LogP contribution in [0.3, 0.4) is 0 Å². The largest absolute Gasteiger partial charge is 1.00 e. The van der Waals surface area contributed by atoms with Gasteiger partial charge in [0, 0.05) is 5.69 Å². The van der Waals surface area contributed by atoms with E-state index in [9.17, 15) is 4.79 Å². The molecule has 54 valence electrons. The molecule has 0 N–H and O–H groups in total. The molecule has 0 aromatic carbocycles. The number of hydrogen-bond donors (Lipinski definition) is 0. The SMILES string of the molecule is O=c1cccc2cc[cH-]nc1-2.[Li+]. The molecule has 2 nitrogen and oxygen atoms in total. The third-order valence-electron chi connectivity index (χ3n) is 1.60. The van der Waals surface area contributed by atoms with Crippen molar-refractivity contribution in [1.29, 1.82) is 0 Å². The maximum Gasteiger partial charge on any atom is 1.00 e. The van der Waals surface area contributed by atoms with E-state index >= 15 is 0 Å². The van der Waals surface area contributed by atoms with E-state index in [0.29, 0.717) is 5.69 Å². The number of fused-ring (bicyclic) bond motifs is 1. The number of rotatable bonds is 0. The number of pyridine rings is 1. The van der Waals surface area contributed by atoms with Crippen LogP contribution < -0.4 is 24.3 Å². The first kappa shape index (κ1) is 9.12. The van der Waals surface area contributed by atoms with E-state index in [2.05, 4.69) is 4.98 Å². The van der Waals surface area contributed by atoms with Crippen molar-refractivity contribution in [2.24, 2.45) is 0 Å². The smallest absolute Gasteiger partial charge is 0.379 e. The summed E-state index contributed by atoms with van der Waals surface area (Å²) in [7, 11) is 0. The Balaban J connectivity index is 0.000000720. The summed E-state index contributed by atoms with van der Waals surface area (Å²) in [6.07, 6.45) is 1.63. The van der Waals surface area contributed by atoms with E-state index < -0.39 is 0 Å². The van der Waals surface area contributed by atoms with Crippen molar-refractivity contribution < 1.29 is 18.9 Å². The maximum absolute atomic E-state index is 11.1. The first-order chi connectivity index (χ1) is 5.38. The molecule has 0 radical (unpaired) electrons. The summed E-state index contributed by atoms with van der Waals surface area (Å²) in [4.78, 5) is 15.1. The Morgan fingerprint density at radius 1 is 1.25 bits per heavy atom. The molecule has 2 rings (SSSR count). The van der Waals surface area contributed by atoms with Crippen LogP contribution in [0.2, 0.25) is 0 Å². The molecule has 0 saturated heterocycles. The molecule has 2 aliphatic rings. The average molecular weight is 151 g/mol. The Morgan fingerprint density at radius 2 is 2.08 bits per heavy atom. The maximum atomic E-state index is 11.1. The molecule has 0 spiro atoms. The van der Waals surface area contributed by atoms with Gasteiger partial charge in [-0.05, 0) is 6.07 Å². The van der Waals surface area contributed by atoms with Crippen LogP contribution in [-0.4, -0.2) is 4.98 Å². The predicted octanol–water partition coefficient (Wildman–Crippen LogP) is -1.73. The third kappa shape index (κ3) is 1.45. The van der Waals surface area contributed by atoms with Crippen LogP contribution in [0.15, 0.2) is 41.3 Å². The van der Waals surface area contributed by atoms with Crippen molar-refractivity contribution in [3.8, 4) is 11.3 Å². The molecule has 1 aliphatic carbocycles. The van der Waals surface area contributed by atoms with E-state index in [1.165, 1.54) is 6.07 Å². The monoisotopic (exact) mass is 151 g/mol. The molecule has 0 atom stereocenters. The topological polar surface area (TPSA) is 30.0 Å². The Bertz CT molecular complexity index is 396. The van der Waals surface area contributed by atoms with Crippen LogP contribution in [0.1, 0.15) is 0 Å². The van der Waals surface area contributed by atoms with Gasteiger partial charge in [-0.25, -0.2) is 0 Å². The summed E-state index contributed by atoms with van der Waals surface area (Å²) in [6, 6.07) is 8.84. The van der Waals surface area contributed by atoms with Gasteiger partial charge in [-0.15, -0.1) is 5.56 Å². The first-order valence-corrected chi connectivity index (χ1v) is 3.39. The quantitative estimate of drug-likeness (QED) is 0.331. The van der Waals surface area contributed by atoms with Crippen LogP contribution in [0, 0.1) is 0 Å². The van der Waals surface area contributed by atoms with Crippen molar-refractivity contribution in [3.63, 3.8) is 0 Å². The zero-order chi connectivity index (χ0) is 7.68. The van der Waals surface area contributed by atoms with Crippen molar-refractivity contribution >= 4 is 0 Å². The van der Waals surface area contributed by atoms with Gasteiger partial charge in [-0.1, -0.05) is 18.3 Å². The summed E-state index contributed by atoms with van der Waals surface area (Å²) in [6.45, 7) is 0. The van der Waals surface area contributed by atoms with E-state index in [1.807, 2.05) is 18.2 Å². The number of benzene rings is 1. The number of para-hydroxylation sites is 1. The van der Waals surface area contributed by atoms with Crippen LogP contribution >= 0.6 is 0 Å². The van der Waals surface area contributed by atoms with Gasteiger partial charge in [0.05, 0.1) is 0 Å². The Labute approximate surface area is 82.1 Å². The molecule has 1 heterocycles. The summed E-state index contributed by atoms with van der Waals surface area (Å²) < 4.78 is 0. The van der Waals surface area contributed by atoms with E-state index in [-0.39, 0.29) is 24.3 Å². The van der Waals surface area contributed by atoms with Gasteiger partial charge in [0.1, 0.15) is 5.43 Å². The van der Waals surface area contributed by atoms with Crippen LogP contribution in [0.5, 0.6) is 0 Å². The molecule has 0 amide bonds. The van der Waals surface area contributed by atoms with Gasteiger partial charge in [0.15, 0.2) is 0 Å². The standard InChI is InChI=1S/C9H6NO.Li/c11-8-5-1-3-7-4-2-6-10-9(7)8;/h1-6H;/q-1;+1. The fraction of sp³-hybridized carbons (Fsp3) is 0. The molecule has 0 aromatic heterocycles. The number of hydrogen-bond acceptors (Lipinski definition) is 2. The Kier molecular flexibility index (Phi) is 2.75. The second-order valence-electron chi connectivity index (χ2n) is 2.33. The molecular formula is C9H6LiNO. The summed E-state index contributed by atoms with van der Waals surface area (Å²) in [5, 5.41) is 0. The van der Waals surface area contributed by atoms with Crippen LogP contribution in [0.4, 0.5) is 0 Å². The van der Waals surface area contributed by atoms with Crippen LogP contribution in [0.25, 0.3) is 11.3 Å². The third-order valence-corrected chi connectivity index (χ3v) is 1.60. The van der Waals surface area contributed by atoms with Gasteiger partial charge in [-0.3, -0.25) is 0 Å². The molecule has 0 saturated carbocycles. The zero-order valence-corrected chi connectivity index (χ0v) is 6.82. The van der Waals surface area contributed by atoms with Crippen molar-refractivity contribution in [2.45, 2.75) is 0 Å². The minimum atomic E-state index is -0.0110. The first-order valence-electron chi connectivity index (χ1n) is 3.39. The predicted molar refractivity (Wildman–Crippen MR) is 42.7 cm³/mol. The second-order valence-corrected chi connectivity index (χ2v) is 2.33. The number of nitrogens with zero attached hydrogens (tertiary/aromatic N) is 1.